The number of oxime groups is 1. The molecule has 5 nitrogen and oxygen atoms in total. The highest BCUT2D eigenvalue weighted by Gasteiger charge is 2.21. The minimum atomic E-state index is -0.755. The van der Waals surface area contributed by atoms with E-state index in [0.29, 0.717) is 19.3 Å². The lowest BCUT2D eigenvalue weighted by atomic mass is 9.95. The molecule has 0 saturated carbocycles. The van der Waals surface area contributed by atoms with E-state index in [1.165, 1.54) is 7.11 Å². The first kappa shape index (κ1) is 21.9. The van der Waals surface area contributed by atoms with Crippen molar-refractivity contribution < 1.29 is 19.8 Å². The summed E-state index contributed by atoms with van der Waals surface area (Å²) in [5, 5.41) is 22.8. The van der Waals surface area contributed by atoms with Crippen LogP contribution in [-0.4, -0.2) is 35.1 Å². The van der Waals surface area contributed by atoms with Gasteiger partial charge in [-0.15, -0.1) is 0 Å². The van der Waals surface area contributed by atoms with Gasteiger partial charge in [0.15, 0.2) is 0 Å². The van der Waals surface area contributed by atoms with Crippen molar-refractivity contribution in [3.63, 3.8) is 0 Å². The molecule has 1 rings (SSSR count). The van der Waals surface area contributed by atoms with Crippen molar-refractivity contribution in [2.24, 2.45) is 11.1 Å². The van der Waals surface area contributed by atoms with Crippen molar-refractivity contribution in [2.45, 2.75) is 58.0 Å². The molecule has 0 heterocycles. The molecule has 2 unspecified atom stereocenters. The van der Waals surface area contributed by atoms with Crippen LogP contribution < -0.4 is 0 Å². The number of rotatable bonds is 12. The summed E-state index contributed by atoms with van der Waals surface area (Å²) >= 11 is 0. The van der Waals surface area contributed by atoms with Crippen LogP contribution in [0.1, 0.15) is 51.9 Å². The smallest absolute Gasteiger partial charge is 0.303 e. The number of unbranched alkanes of at least 4 members (excludes halogenated alkanes) is 1. The number of hydrogen-bond donors (Lipinski definition) is 2. The molecule has 0 bridgehead atoms. The van der Waals surface area contributed by atoms with Gasteiger partial charge in [0.2, 0.25) is 0 Å². The molecule has 0 amide bonds. The average Bonchev–Trinajstić information content (AvgIpc) is 2.98. The summed E-state index contributed by atoms with van der Waals surface area (Å²) in [7, 11) is 1.53. The van der Waals surface area contributed by atoms with E-state index in [1.54, 1.807) is 0 Å². The molecular formula is C21H31NO4. The molecule has 26 heavy (non-hydrogen) atoms. The van der Waals surface area contributed by atoms with Crippen molar-refractivity contribution >= 4 is 11.7 Å². The van der Waals surface area contributed by atoms with Crippen molar-refractivity contribution in [2.75, 3.05) is 7.11 Å². The second kappa shape index (κ2) is 13.1. The van der Waals surface area contributed by atoms with Crippen LogP contribution in [0.25, 0.3) is 0 Å². The molecule has 0 spiro atoms. The molecule has 0 saturated heterocycles. The van der Waals surface area contributed by atoms with Crippen molar-refractivity contribution in [3.05, 3.63) is 48.1 Å². The Morgan fingerprint density at radius 3 is 2.81 bits per heavy atom. The summed E-state index contributed by atoms with van der Waals surface area (Å²) in [4.78, 5) is 15.4. The van der Waals surface area contributed by atoms with E-state index in [2.05, 4.69) is 30.3 Å². The molecule has 1 aliphatic carbocycles. The van der Waals surface area contributed by atoms with E-state index in [-0.39, 0.29) is 12.3 Å². The van der Waals surface area contributed by atoms with Crippen LogP contribution in [0.2, 0.25) is 0 Å². The normalized spacial score (nSPS) is 21.4. The Labute approximate surface area is 156 Å². The van der Waals surface area contributed by atoms with E-state index < -0.39 is 12.1 Å². The van der Waals surface area contributed by atoms with E-state index in [0.717, 1.165) is 30.5 Å². The topological polar surface area (TPSA) is 79.1 Å². The predicted molar refractivity (Wildman–Crippen MR) is 105 cm³/mol. The van der Waals surface area contributed by atoms with E-state index in [9.17, 15) is 9.90 Å². The monoisotopic (exact) mass is 361 g/mol. The maximum absolute atomic E-state index is 10.5. The Balaban J connectivity index is 2.60. The maximum Gasteiger partial charge on any atom is 0.303 e. The summed E-state index contributed by atoms with van der Waals surface area (Å²) in [5.74, 6) is -0.548. The molecule has 5 heteroatoms. The van der Waals surface area contributed by atoms with Gasteiger partial charge in [0.1, 0.15) is 12.8 Å². The van der Waals surface area contributed by atoms with Crippen LogP contribution in [0.4, 0.5) is 0 Å². The highest BCUT2D eigenvalue weighted by atomic mass is 16.6. The third-order valence-corrected chi connectivity index (χ3v) is 4.11. The molecule has 0 aliphatic heterocycles. The van der Waals surface area contributed by atoms with Crippen molar-refractivity contribution in [3.8, 4) is 0 Å². The number of carbonyl (C=O) groups is 1. The summed E-state index contributed by atoms with van der Waals surface area (Å²) in [6.07, 6.45) is 18.5. The SMILES string of the molecule is CCC=CCC(O)CC=C1C(=NOC)C=CC1CC=CCCCC(=O)O. The molecule has 0 aromatic carbocycles. The van der Waals surface area contributed by atoms with Gasteiger partial charge in [-0.25, -0.2) is 0 Å². The largest absolute Gasteiger partial charge is 0.481 e. The van der Waals surface area contributed by atoms with Gasteiger partial charge >= 0.3 is 5.97 Å². The Morgan fingerprint density at radius 2 is 2.12 bits per heavy atom. The number of aliphatic hydroxyl groups excluding tert-OH is 1. The first-order valence-corrected chi connectivity index (χ1v) is 9.28. The number of hydrogen-bond acceptors (Lipinski definition) is 4. The molecule has 144 valence electrons. The zero-order valence-corrected chi connectivity index (χ0v) is 15.8. The zero-order valence-electron chi connectivity index (χ0n) is 15.8. The Morgan fingerprint density at radius 1 is 1.31 bits per heavy atom. The molecule has 0 radical (unpaired) electrons. The highest BCUT2D eigenvalue weighted by molar-refractivity contribution is 6.11. The third kappa shape index (κ3) is 8.81. The minimum Gasteiger partial charge on any atom is -0.481 e. The van der Waals surface area contributed by atoms with Crippen molar-refractivity contribution in [1.29, 1.82) is 0 Å². The van der Waals surface area contributed by atoms with Gasteiger partial charge < -0.3 is 15.1 Å². The maximum atomic E-state index is 10.5. The first-order chi connectivity index (χ1) is 12.6. The van der Waals surface area contributed by atoms with Crippen LogP contribution in [0.15, 0.2) is 53.3 Å². The number of carboxylic acids is 1. The van der Waals surface area contributed by atoms with Gasteiger partial charge in [0.25, 0.3) is 0 Å². The highest BCUT2D eigenvalue weighted by Crippen LogP contribution is 2.27. The van der Waals surface area contributed by atoms with Crippen LogP contribution >= 0.6 is 0 Å². The number of aliphatic carboxylic acids is 1. The fourth-order valence-electron chi connectivity index (χ4n) is 2.75. The van der Waals surface area contributed by atoms with Gasteiger partial charge in [-0.2, -0.15) is 0 Å². The number of nitrogens with zero attached hydrogens (tertiary/aromatic N) is 1. The molecule has 0 aromatic rings. The number of carboxylic acid groups (broad SMARTS) is 1. The van der Waals surface area contributed by atoms with Crippen LogP contribution in [0.5, 0.6) is 0 Å². The zero-order chi connectivity index (χ0) is 19.2. The second-order valence-corrected chi connectivity index (χ2v) is 6.28. The fourth-order valence-corrected chi connectivity index (χ4v) is 2.75. The molecule has 0 aromatic heterocycles. The predicted octanol–water partition coefficient (Wildman–Crippen LogP) is 4.41. The second-order valence-electron chi connectivity index (χ2n) is 6.28. The Hall–Kier alpha value is -2.14. The summed E-state index contributed by atoms with van der Waals surface area (Å²) in [5.41, 5.74) is 1.87. The van der Waals surface area contributed by atoms with Crippen LogP contribution in [0, 0.1) is 5.92 Å². The lowest BCUT2D eigenvalue weighted by Gasteiger charge is -2.11. The molecule has 2 N–H and O–H groups in total. The summed E-state index contributed by atoms with van der Waals surface area (Å²) in [6.45, 7) is 2.07. The third-order valence-electron chi connectivity index (χ3n) is 4.11. The summed E-state index contributed by atoms with van der Waals surface area (Å²) in [6, 6.07) is 0. The molecule has 2 atom stereocenters. The number of allylic oxidation sites excluding steroid dienone is 6. The molecule has 1 aliphatic rings. The fraction of sp³-hybridized carbons (Fsp3) is 0.524. The van der Waals surface area contributed by atoms with E-state index in [4.69, 9.17) is 9.94 Å². The van der Waals surface area contributed by atoms with Gasteiger partial charge in [-0.3, -0.25) is 4.79 Å². The quantitative estimate of drug-likeness (QED) is 0.306. The average molecular weight is 361 g/mol. The van der Waals surface area contributed by atoms with Crippen LogP contribution in [-0.2, 0) is 9.63 Å². The van der Waals surface area contributed by atoms with Gasteiger partial charge in [0.05, 0.1) is 6.10 Å². The Bertz CT molecular complexity index is 573. The van der Waals surface area contributed by atoms with Crippen molar-refractivity contribution in [1.82, 2.24) is 0 Å². The summed E-state index contributed by atoms with van der Waals surface area (Å²) < 4.78 is 0. The minimum absolute atomic E-state index is 0.202. The lowest BCUT2D eigenvalue weighted by molar-refractivity contribution is -0.137. The number of aliphatic hydroxyl groups is 1. The Kier molecular flexibility index (Phi) is 11.0. The van der Waals surface area contributed by atoms with Crippen LogP contribution in [0.3, 0.4) is 0 Å². The first-order valence-electron chi connectivity index (χ1n) is 9.28. The standard InChI is InChI=1S/C21H31NO4/c1-3-4-7-11-18(23)14-15-19-17(13-16-20(19)22-26-2)10-8-5-6-9-12-21(24)25/h4-5,7-8,13,15-18,23H,3,6,9-12,14H2,1-2H3,(H,24,25). The molecule has 0 fully saturated rings. The van der Waals surface area contributed by atoms with Gasteiger partial charge in [0, 0.05) is 12.3 Å². The van der Waals surface area contributed by atoms with Gasteiger partial charge in [-0.1, -0.05) is 48.5 Å². The van der Waals surface area contributed by atoms with Gasteiger partial charge in [-0.05, 0) is 50.2 Å². The molecular weight excluding hydrogens is 330 g/mol. The van der Waals surface area contributed by atoms with E-state index >= 15 is 0 Å². The van der Waals surface area contributed by atoms with E-state index in [1.807, 2.05) is 24.3 Å². The lowest BCUT2D eigenvalue weighted by Crippen LogP contribution is -2.07.